The molecule has 2 saturated heterocycles. The number of aliphatic carboxylic acids is 2. The number of hydrogen-bond acceptors (Lipinski definition) is 7. The topological polar surface area (TPSA) is 213 Å². The number of nitrogens with two attached hydrogens (primary N) is 2. The van der Waals surface area contributed by atoms with Crippen molar-refractivity contribution in [1.29, 1.82) is 0 Å². The van der Waals surface area contributed by atoms with Crippen LogP contribution in [0.4, 0.5) is 0 Å². The van der Waals surface area contributed by atoms with Crippen molar-refractivity contribution in [3.63, 3.8) is 0 Å². The molecule has 13 nitrogen and oxygen atoms in total. The zero-order valence-electron chi connectivity index (χ0n) is 17.6. The number of primary amides is 1. The van der Waals surface area contributed by atoms with E-state index < -0.39 is 66.2 Å². The Kier molecular flexibility index (Phi) is 8.52. The van der Waals surface area contributed by atoms with Gasteiger partial charge in [0.25, 0.3) is 0 Å². The van der Waals surface area contributed by atoms with Crippen molar-refractivity contribution >= 4 is 35.6 Å². The van der Waals surface area contributed by atoms with Crippen LogP contribution >= 0.6 is 0 Å². The summed E-state index contributed by atoms with van der Waals surface area (Å²) in [6, 6.07) is -4.48. The van der Waals surface area contributed by atoms with E-state index in [4.69, 9.17) is 16.6 Å². The summed E-state index contributed by atoms with van der Waals surface area (Å²) in [4.78, 5) is 74.5. The van der Waals surface area contributed by atoms with Crippen molar-refractivity contribution in [1.82, 2.24) is 15.1 Å². The van der Waals surface area contributed by atoms with E-state index in [1.165, 1.54) is 9.80 Å². The van der Waals surface area contributed by atoms with Crippen molar-refractivity contribution < 1.29 is 39.0 Å². The van der Waals surface area contributed by atoms with Gasteiger partial charge >= 0.3 is 11.9 Å². The maximum Gasteiger partial charge on any atom is 0.326 e. The Labute approximate surface area is 184 Å². The van der Waals surface area contributed by atoms with E-state index in [0.717, 1.165) is 0 Å². The van der Waals surface area contributed by atoms with Gasteiger partial charge in [-0.3, -0.25) is 24.0 Å². The molecule has 2 aliphatic heterocycles. The number of carbonyl (C=O) groups is 6. The lowest BCUT2D eigenvalue weighted by Gasteiger charge is -2.32. The van der Waals surface area contributed by atoms with Crippen molar-refractivity contribution in [3.8, 4) is 0 Å². The molecule has 2 fully saturated rings. The molecule has 0 radical (unpaired) electrons. The van der Waals surface area contributed by atoms with Crippen LogP contribution in [0, 0.1) is 0 Å². The van der Waals surface area contributed by atoms with Crippen molar-refractivity contribution in [2.45, 2.75) is 69.1 Å². The van der Waals surface area contributed by atoms with E-state index in [0.29, 0.717) is 25.7 Å². The summed E-state index contributed by atoms with van der Waals surface area (Å²) in [6.07, 6.45) is 0.676. The Morgan fingerprint density at radius 2 is 1.56 bits per heavy atom. The van der Waals surface area contributed by atoms with Gasteiger partial charge in [0.15, 0.2) is 0 Å². The van der Waals surface area contributed by atoms with Crippen LogP contribution in [-0.4, -0.2) is 92.8 Å². The molecule has 2 rings (SSSR count). The zero-order valence-corrected chi connectivity index (χ0v) is 17.6. The van der Waals surface area contributed by atoms with Crippen LogP contribution in [0.2, 0.25) is 0 Å². The summed E-state index contributed by atoms with van der Waals surface area (Å²) in [5.41, 5.74) is 10.7. The minimum atomic E-state index is -1.41. The number of amides is 4. The van der Waals surface area contributed by atoms with Crippen LogP contribution in [0.25, 0.3) is 0 Å². The van der Waals surface area contributed by atoms with Gasteiger partial charge < -0.3 is 36.8 Å². The Morgan fingerprint density at radius 1 is 0.969 bits per heavy atom. The second-order valence-corrected chi connectivity index (χ2v) is 7.99. The molecule has 0 spiro atoms. The predicted octanol–water partition coefficient (Wildman–Crippen LogP) is -2.39. The molecule has 7 N–H and O–H groups in total. The van der Waals surface area contributed by atoms with Gasteiger partial charge in [0.05, 0.1) is 12.5 Å². The molecule has 4 amide bonds. The average Bonchev–Trinajstić information content (AvgIpc) is 3.38. The standard InChI is InChI=1S/C19H29N5O8/c20-10(9-15(26)27)16(28)22-11(5-6-14(21)25)17(29)23-7-1-3-12(23)18(30)24-8-2-4-13(24)19(31)32/h10-13H,1-9,20H2,(H2,21,25)(H,22,28)(H,26,27)(H,31,32). The number of rotatable bonds is 10. The lowest BCUT2D eigenvalue weighted by molar-refractivity contribution is -0.152. The molecule has 0 aromatic heterocycles. The summed E-state index contributed by atoms with van der Waals surface area (Å²) in [5, 5.41) is 20.5. The van der Waals surface area contributed by atoms with Gasteiger partial charge in [0.1, 0.15) is 18.1 Å². The molecule has 32 heavy (non-hydrogen) atoms. The Morgan fingerprint density at radius 3 is 2.12 bits per heavy atom. The smallest absolute Gasteiger partial charge is 0.326 e. The highest BCUT2D eigenvalue weighted by molar-refractivity contribution is 5.95. The van der Waals surface area contributed by atoms with Gasteiger partial charge in [-0.2, -0.15) is 0 Å². The van der Waals surface area contributed by atoms with Crippen molar-refractivity contribution in [3.05, 3.63) is 0 Å². The minimum Gasteiger partial charge on any atom is -0.481 e. The Balaban J connectivity index is 2.16. The molecule has 2 heterocycles. The maximum atomic E-state index is 13.2. The van der Waals surface area contributed by atoms with Gasteiger partial charge in [-0.1, -0.05) is 0 Å². The number of hydrogen-bond donors (Lipinski definition) is 5. The molecule has 4 atom stereocenters. The van der Waals surface area contributed by atoms with E-state index in [2.05, 4.69) is 5.32 Å². The number of likely N-dealkylation sites (tertiary alicyclic amines) is 2. The van der Waals surface area contributed by atoms with Crippen molar-refractivity contribution in [2.75, 3.05) is 13.1 Å². The minimum absolute atomic E-state index is 0.154. The third kappa shape index (κ3) is 6.15. The van der Waals surface area contributed by atoms with Gasteiger partial charge in [-0.05, 0) is 32.1 Å². The highest BCUT2D eigenvalue weighted by atomic mass is 16.4. The highest BCUT2D eigenvalue weighted by Gasteiger charge is 2.43. The van der Waals surface area contributed by atoms with E-state index in [9.17, 15) is 33.9 Å². The van der Waals surface area contributed by atoms with Crippen LogP contribution in [0.1, 0.15) is 44.9 Å². The third-order valence-electron chi connectivity index (χ3n) is 5.67. The van der Waals surface area contributed by atoms with Gasteiger partial charge in [0.2, 0.25) is 23.6 Å². The molecule has 0 saturated carbocycles. The third-order valence-corrected chi connectivity index (χ3v) is 5.67. The molecular weight excluding hydrogens is 426 g/mol. The van der Waals surface area contributed by atoms with E-state index in [1.807, 2.05) is 0 Å². The fourth-order valence-electron chi connectivity index (χ4n) is 4.07. The van der Waals surface area contributed by atoms with Crippen LogP contribution in [0.5, 0.6) is 0 Å². The van der Waals surface area contributed by atoms with Crippen molar-refractivity contribution in [2.24, 2.45) is 11.5 Å². The molecular formula is C19H29N5O8. The molecule has 13 heteroatoms. The van der Waals surface area contributed by atoms with Crippen LogP contribution in [0.15, 0.2) is 0 Å². The summed E-state index contributed by atoms with van der Waals surface area (Å²) >= 11 is 0. The molecule has 4 unspecified atom stereocenters. The van der Waals surface area contributed by atoms with E-state index in [1.54, 1.807) is 0 Å². The van der Waals surface area contributed by atoms with E-state index in [-0.39, 0.29) is 25.9 Å². The second-order valence-electron chi connectivity index (χ2n) is 7.99. The maximum absolute atomic E-state index is 13.2. The Bertz CT molecular complexity index is 788. The lowest BCUT2D eigenvalue weighted by atomic mass is 10.1. The molecule has 0 aliphatic carbocycles. The molecule has 0 aromatic rings. The first-order chi connectivity index (χ1) is 15.0. The normalized spacial score (nSPS) is 22.3. The average molecular weight is 455 g/mol. The van der Waals surface area contributed by atoms with Gasteiger partial charge in [-0.25, -0.2) is 4.79 Å². The van der Waals surface area contributed by atoms with Crippen LogP contribution < -0.4 is 16.8 Å². The summed E-state index contributed by atoms with van der Waals surface area (Å²) in [5.74, 6) is -5.10. The monoisotopic (exact) mass is 455 g/mol. The second kappa shape index (κ2) is 10.9. The summed E-state index contributed by atoms with van der Waals surface area (Å²) in [7, 11) is 0. The number of carbonyl (C=O) groups excluding carboxylic acids is 4. The van der Waals surface area contributed by atoms with Gasteiger partial charge in [0, 0.05) is 19.5 Å². The van der Waals surface area contributed by atoms with Gasteiger partial charge in [-0.15, -0.1) is 0 Å². The molecule has 0 bridgehead atoms. The first-order valence-corrected chi connectivity index (χ1v) is 10.4. The summed E-state index contributed by atoms with van der Waals surface area (Å²) in [6.45, 7) is 0.491. The largest absolute Gasteiger partial charge is 0.481 e. The first-order valence-electron chi connectivity index (χ1n) is 10.4. The first kappa shape index (κ1) is 25.0. The SMILES string of the molecule is NC(=O)CCC(NC(=O)C(N)CC(=O)O)C(=O)N1CCCC1C(=O)N1CCCC1C(=O)O. The summed E-state index contributed by atoms with van der Waals surface area (Å²) < 4.78 is 0. The lowest BCUT2D eigenvalue weighted by Crippen LogP contribution is -2.57. The number of carboxylic acids is 2. The molecule has 178 valence electrons. The number of carboxylic acid groups (broad SMARTS) is 2. The van der Waals surface area contributed by atoms with E-state index >= 15 is 0 Å². The molecule has 0 aromatic carbocycles. The fraction of sp³-hybridized carbons (Fsp3) is 0.684. The number of nitrogens with zero attached hydrogens (tertiary/aromatic N) is 2. The highest BCUT2D eigenvalue weighted by Crippen LogP contribution is 2.26. The zero-order chi connectivity index (χ0) is 24.0. The number of nitrogens with one attached hydrogen (secondary N) is 1. The van der Waals surface area contributed by atoms with Crippen LogP contribution in [-0.2, 0) is 28.8 Å². The molecule has 2 aliphatic rings. The predicted molar refractivity (Wildman–Crippen MR) is 108 cm³/mol. The van der Waals surface area contributed by atoms with Crippen LogP contribution in [0.3, 0.4) is 0 Å². The fourth-order valence-corrected chi connectivity index (χ4v) is 4.07. The quantitative estimate of drug-likeness (QED) is 0.237. The Hall–Kier alpha value is -3.22.